The second-order valence-electron chi connectivity index (χ2n) is 6.19. The lowest BCUT2D eigenvalue weighted by Gasteiger charge is -2.22. The number of ether oxygens (including phenoxy) is 1. The lowest BCUT2D eigenvalue weighted by atomic mass is 10.2. The van der Waals surface area contributed by atoms with E-state index in [9.17, 15) is 18.4 Å². The van der Waals surface area contributed by atoms with E-state index in [0.29, 0.717) is 12.2 Å². The van der Waals surface area contributed by atoms with Gasteiger partial charge in [0.2, 0.25) is 5.88 Å². The normalized spacial score (nSPS) is 11.0. The van der Waals surface area contributed by atoms with Gasteiger partial charge in [0.05, 0.1) is 0 Å². The van der Waals surface area contributed by atoms with Gasteiger partial charge in [-0.05, 0) is 48.3 Å². The van der Waals surface area contributed by atoms with Crippen LogP contribution in [0.25, 0.3) is 0 Å². The Morgan fingerprint density at radius 2 is 2.07 bits per heavy atom. The molecule has 0 aliphatic carbocycles. The number of carbonyl (C=O) groups is 1. The number of hydrogen-bond donors (Lipinski definition) is 1. The lowest BCUT2D eigenvalue weighted by molar-refractivity contribution is -0.137. The van der Waals surface area contributed by atoms with Crippen LogP contribution in [0.3, 0.4) is 0 Å². The zero-order valence-electron chi connectivity index (χ0n) is 14.8. The van der Waals surface area contributed by atoms with Crippen LogP contribution < -0.4 is 10.3 Å². The third kappa shape index (κ3) is 5.35. The average Bonchev–Trinajstić information content (AvgIpc) is 2.57. The molecule has 0 radical (unpaired) electrons. The first-order chi connectivity index (χ1) is 12.7. The number of aromatic nitrogens is 2. The summed E-state index contributed by atoms with van der Waals surface area (Å²) in [5.74, 6) is -1.83. The predicted molar refractivity (Wildman–Crippen MR) is 97.8 cm³/mol. The third-order valence-corrected chi connectivity index (χ3v) is 4.47. The summed E-state index contributed by atoms with van der Waals surface area (Å²) in [5.41, 5.74) is -0.429. The first-order valence-electron chi connectivity index (χ1n) is 8.30. The van der Waals surface area contributed by atoms with Crippen LogP contribution in [-0.4, -0.2) is 20.6 Å². The monoisotopic (exact) mass is 444 g/mol. The van der Waals surface area contributed by atoms with Crippen molar-refractivity contribution in [1.82, 2.24) is 9.55 Å². The van der Waals surface area contributed by atoms with Crippen LogP contribution in [0.2, 0.25) is 0 Å². The number of aryl methyl sites for hydroxylation is 1. The molecule has 146 valence electrons. The molecule has 0 bridgehead atoms. The summed E-state index contributed by atoms with van der Waals surface area (Å²) in [7, 11) is 0. The fourth-order valence-corrected chi connectivity index (χ4v) is 2.95. The molecule has 6 nitrogen and oxygen atoms in total. The van der Waals surface area contributed by atoms with E-state index in [1.54, 1.807) is 4.57 Å². The minimum atomic E-state index is -0.936. The van der Waals surface area contributed by atoms with Gasteiger partial charge in [0.25, 0.3) is 5.56 Å². The number of halogens is 3. The Morgan fingerprint density at radius 3 is 2.67 bits per heavy atom. The molecule has 2 rings (SSSR count). The largest absolute Gasteiger partial charge is 0.481 e. The molecule has 1 aromatic carbocycles. The smallest absolute Gasteiger partial charge is 0.303 e. The van der Waals surface area contributed by atoms with Gasteiger partial charge in [-0.2, -0.15) is 4.98 Å². The molecule has 0 atom stereocenters. The van der Waals surface area contributed by atoms with Crippen LogP contribution in [-0.2, 0) is 17.8 Å². The summed E-state index contributed by atoms with van der Waals surface area (Å²) >= 11 is 3.16. The molecule has 0 saturated heterocycles. The van der Waals surface area contributed by atoms with Crippen molar-refractivity contribution in [3.05, 3.63) is 56.0 Å². The number of carboxylic acids is 1. The molecule has 1 heterocycles. The predicted octanol–water partition coefficient (Wildman–Crippen LogP) is 3.85. The summed E-state index contributed by atoms with van der Waals surface area (Å²) in [6, 6.07) is 3.00. The second-order valence-corrected chi connectivity index (χ2v) is 6.98. The van der Waals surface area contributed by atoms with Gasteiger partial charge >= 0.3 is 5.97 Å². The quantitative estimate of drug-likeness (QED) is 0.668. The van der Waals surface area contributed by atoms with Gasteiger partial charge in [-0.15, -0.1) is 0 Å². The third-order valence-electron chi connectivity index (χ3n) is 3.79. The van der Waals surface area contributed by atoms with Crippen LogP contribution in [0.5, 0.6) is 5.88 Å². The molecule has 0 saturated carbocycles. The molecule has 0 unspecified atom stereocenters. The molecule has 0 amide bonds. The molecular weight excluding hydrogens is 426 g/mol. The van der Waals surface area contributed by atoms with E-state index in [0.717, 1.165) is 12.1 Å². The van der Waals surface area contributed by atoms with Crippen molar-refractivity contribution in [2.24, 2.45) is 0 Å². The van der Waals surface area contributed by atoms with Gasteiger partial charge in [0.15, 0.2) is 0 Å². The van der Waals surface area contributed by atoms with Crippen molar-refractivity contribution in [3.8, 4) is 5.88 Å². The average molecular weight is 445 g/mol. The van der Waals surface area contributed by atoms with Crippen molar-refractivity contribution in [2.45, 2.75) is 45.8 Å². The molecule has 0 aliphatic heterocycles. The Kier molecular flexibility index (Phi) is 7.06. The van der Waals surface area contributed by atoms with Gasteiger partial charge in [0.1, 0.15) is 28.5 Å². The first kappa shape index (κ1) is 21.0. The Labute approximate surface area is 162 Å². The van der Waals surface area contributed by atoms with E-state index < -0.39 is 23.2 Å². The highest BCUT2D eigenvalue weighted by Crippen LogP contribution is 2.28. The summed E-state index contributed by atoms with van der Waals surface area (Å²) < 4.78 is 34.3. The van der Waals surface area contributed by atoms with Gasteiger partial charge in [0, 0.05) is 30.5 Å². The van der Waals surface area contributed by atoms with Gasteiger partial charge < -0.3 is 9.84 Å². The summed E-state index contributed by atoms with van der Waals surface area (Å²) in [5, 5.41) is 8.80. The number of carboxylic acid groups (broad SMARTS) is 1. The lowest BCUT2D eigenvalue weighted by Crippen LogP contribution is -2.23. The van der Waals surface area contributed by atoms with Crippen molar-refractivity contribution >= 4 is 21.9 Å². The standard InChI is InChI=1S/C18H19BrF2N2O4/c1-10(2)23-14(4-3-5-15(24)25)22-17(26)16(19)18(23)27-9-11-6-7-12(20)8-13(11)21/h6-8,10H,3-5,9H2,1-2H3,(H,24,25). The summed E-state index contributed by atoms with van der Waals surface area (Å²) in [6.45, 7) is 3.49. The SMILES string of the molecule is CC(C)n1c(CCCC(=O)O)nc(=O)c(Br)c1OCc1ccc(F)cc1F. The molecule has 27 heavy (non-hydrogen) atoms. The molecule has 0 fully saturated rings. The van der Waals surface area contributed by atoms with E-state index >= 15 is 0 Å². The fourth-order valence-electron chi connectivity index (χ4n) is 2.56. The molecule has 2 aromatic rings. The molecule has 0 spiro atoms. The summed E-state index contributed by atoms with van der Waals surface area (Å²) in [4.78, 5) is 26.9. The number of rotatable bonds is 8. The van der Waals surface area contributed by atoms with Crippen molar-refractivity contribution in [3.63, 3.8) is 0 Å². The van der Waals surface area contributed by atoms with E-state index in [4.69, 9.17) is 9.84 Å². The first-order valence-corrected chi connectivity index (χ1v) is 9.09. The van der Waals surface area contributed by atoms with Crippen molar-refractivity contribution in [2.75, 3.05) is 0 Å². The van der Waals surface area contributed by atoms with Crippen molar-refractivity contribution in [1.29, 1.82) is 0 Å². The highest BCUT2D eigenvalue weighted by Gasteiger charge is 2.19. The Morgan fingerprint density at radius 1 is 1.37 bits per heavy atom. The Bertz CT molecular complexity index is 900. The van der Waals surface area contributed by atoms with E-state index in [1.807, 2.05) is 13.8 Å². The second kappa shape index (κ2) is 9.07. The van der Waals surface area contributed by atoms with Crippen LogP contribution in [0.15, 0.2) is 27.5 Å². The Hall–Kier alpha value is -2.29. The van der Waals surface area contributed by atoms with Crippen LogP contribution in [0, 0.1) is 11.6 Å². The van der Waals surface area contributed by atoms with E-state index in [1.165, 1.54) is 6.07 Å². The minimum absolute atomic E-state index is 0.0546. The zero-order valence-corrected chi connectivity index (χ0v) is 16.4. The maximum atomic E-state index is 13.8. The van der Waals surface area contributed by atoms with Crippen molar-refractivity contribution < 1.29 is 23.4 Å². The fraction of sp³-hybridized carbons (Fsp3) is 0.389. The highest BCUT2D eigenvalue weighted by molar-refractivity contribution is 9.10. The van der Waals surface area contributed by atoms with E-state index in [-0.39, 0.29) is 41.4 Å². The number of benzene rings is 1. The number of hydrogen-bond acceptors (Lipinski definition) is 4. The maximum Gasteiger partial charge on any atom is 0.303 e. The highest BCUT2D eigenvalue weighted by atomic mass is 79.9. The van der Waals surface area contributed by atoms with E-state index in [2.05, 4.69) is 20.9 Å². The number of nitrogens with zero attached hydrogens (tertiary/aromatic N) is 2. The zero-order chi connectivity index (χ0) is 20.1. The molecule has 9 heteroatoms. The van der Waals surface area contributed by atoms with Gasteiger partial charge in [-0.25, -0.2) is 8.78 Å². The maximum absolute atomic E-state index is 13.8. The van der Waals surface area contributed by atoms with Gasteiger partial charge in [-0.1, -0.05) is 0 Å². The van der Waals surface area contributed by atoms with Crippen LogP contribution in [0.4, 0.5) is 8.78 Å². The minimum Gasteiger partial charge on any atom is -0.481 e. The van der Waals surface area contributed by atoms with Crippen LogP contribution >= 0.6 is 15.9 Å². The molecule has 1 N–H and O–H groups in total. The topological polar surface area (TPSA) is 81.4 Å². The molecule has 0 aliphatic rings. The van der Waals surface area contributed by atoms with Crippen LogP contribution in [0.1, 0.15) is 44.1 Å². The van der Waals surface area contributed by atoms with Gasteiger partial charge in [-0.3, -0.25) is 14.2 Å². The molecule has 1 aromatic heterocycles. The Balaban J connectivity index is 2.36. The molecular formula is C18H19BrF2N2O4. The number of aliphatic carboxylic acids is 1. The summed E-state index contributed by atoms with van der Waals surface area (Å²) in [6.07, 6.45) is 0.525.